The van der Waals surface area contributed by atoms with Crippen LogP contribution in [0.3, 0.4) is 0 Å². The summed E-state index contributed by atoms with van der Waals surface area (Å²) in [7, 11) is 2.25. The normalized spacial score (nSPS) is 19.3. The fourth-order valence-corrected chi connectivity index (χ4v) is 2.95. The Morgan fingerprint density at radius 2 is 2.07 bits per heavy atom. The minimum absolute atomic E-state index is 0.786. The lowest BCUT2D eigenvalue weighted by atomic mass is 10.1. The maximum atomic E-state index is 4.35. The van der Waals surface area contributed by atoms with E-state index in [2.05, 4.69) is 22.3 Å². The number of hydrogen-bond acceptors (Lipinski definition) is 3. The van der Waals surface area contributed by atoms with E-state index < -0.39 is 0 Å². The zero-order valence-corrected chi connectivity index (χ0v) is 10.3. The highest BCUT2D eigenvalue weighted by molar-refractivity contribution is 7.07. The molecule has 0 radical (unpaired) electrons. The van der Waals surface area contributed by atoms with E-state index in [9.17, 15) is 0 Å². The van der Waals surface area contributed by atoms with Crippen molar-refractivity contribution >= 4 is 11.3 Å². The van der Waals surface area contributed by atoms with Crippen LogP contribution in [0.1, 0.15) is 44.2 Å². The van der Waals surface area contributed by atoms with Crippen LogP contribution in [-0.4, -0.2) is 23.0 Å². The molecule has 0 atom stereocenters. The first-order chi connectivity index (χ1) is 7.36. The Morgan fingerprint density at radius 3 is 2.67 bits per heavy atom. The van der Waals surface area contributed by atoms with Crippen molar-refractivity contribution in [2.45, 2.75) is 51.1 Å². The van der Waals surface area contributed by atoms with Crippen LogP contribution in [0.25, 0.3) is 0 Å². The van der Waals surface area contributed by atoms with Gasteiger partial charge >= 0.3 is 0 Å². The third kappa shape index (κ3) is 3.28. The van der Waals surface area contributed by atoms with Crippen LogP contribution < -0.4 is 0 Å². The summed E-state index contributed by atoms with van der Waals surface area (Å²) in [5.41, 5.74) is 3.16. The Kier molecular flexibility index (Phi) is 4.15. The van der Waals surface area contributed by atoms with Gasteiger partial charge in [0, 0.05) is 18.0 Å². The third-order valence-electron chi connectivity index (χ3n) is 3.34. The Balaban J connectivity index is 1.86. The van der Waals surface area contributed by atoms with E-state index in [4.69, 9.17) is 0 Å². The molecule has 0 saturated heterocycles. The van der Waals surface area contributed by atoms with Gasteiger partial charge in [0.1, 0.15) is 0 Å². The van der Waals surface area contributed by atoms with Crippen molar-refractivity contribution in [3.63, 3.8) is 0 Å². The molecule has 1 aromatic heterocycles. The second-order valence-corrected chi connectivity index (χ2v) is 5.26. The molecule has 0 unspecified atom stereocenters. The van der Waals surface area contributed by atoms with E-state index >= 15 is 0 Å². The number of thiazole rings is 1. The topological polar surface area (TPSA) is 16.1 Å². The zero-order valence-electron chi connectivity index (χ0n) is 9.48. The maximum absolute atomic E-state index is 4.35. The average molecular weight is 224 g/mol. The van der Waals surface area contributed by atoms with Crippen molar-refractivity contribution in [3.05, 3.63) is 16.6 Å². The molecular weight excluding hydrogens is 204 g/mol. The minimum atomic E-state index is 0.786. The Morgan fingerprint density at radius 1 is 1.33 bits per heavy atom. The van der Waals surface area contributed by atoms with Crippen LogP contribution in [0.4, 0.5) is 0 Å². The lowest BCUT2D eigenvalue weighted by Crippen LogP contribution is -2.30. The molecule has 0 spiro atoms. The molecule has 1 aromatic rings. The summed E-state index contributed by atoms with van der Waals surface area (Å²) >= 11 is 1.69. The van der Waals surface area contributed by atoms with Crippen LogP contribution in [0.5, 0.6) is 0 Å². The van der Waals surface area contributed by atoms with Gasteiger partial charge in [0.05, 0.1) is 11.2 Å². The zero-order chi connectivity index (χ0) is 10.5. The molecule has 3 heteroatoms. The second kappa shape index (κ2) is 5.61. The standard InChI is InChI=1S/C12H20N2S/c1-14(8-11-9-15-10-13-11)12-6-4-2-3-5-7-12/h9-10,12H,2-8H2,1H3. The molecular formula is C12H20N2S. The van der Waals surface area contributed by atoms with Crippen LogP contribution in [0.15, 0.2) is 10.9 Å². The summed E-state index contributed by atoms with van der Waals surface area (Å²) in [6.45, 7) is 1.02. The Hall–Kier alpha value is -0.410. The molecule has 0 bridgehead atoms. The highest BCUT2D eigenvalue weighted by Gasteiger charge is 2.17. The quantitative estimate of drug-likeness (QED) is 0.732. The first kappa shape index (κ1) is 11.1. The van der Waals surface area contributed by atoms with Crippen LogP contribution in [0, 0.1) is 0 Å². The summed E-state index contributed by atoms with van der Waals surface area (Å²) < 4.78 is 0. The lowest BCUT2D eigenvalue weighted by Gasteiger charge is -2.26. The van der Waals surface area contributed by atoms with Crippen molar-refractivity contribution in [2.75, 3.05) is 7.05 Å². The molecule has 0 aliphatic heterocycles. The highest BCUT2D eigenvalue weighted by Crippen LogP contribution is 2.22. The molecule has 1 heterocycles. The van der Waals surface area contributed by atoms with Gasteiger partial charge in [-0.25, -0.2) is 4.98 Å². The summed E-state index contributed by atoms with van der Waals surface area (Å²) in [6.07, 6.45) is 8.43. The van der Waals surface area contributed by atoms with Gasteiger partial charge in [-0.05, 0) is 19.9 Å². The van der Waals surface area contributed by atoms with Crippen molar-refractivity contribution in [1.82, 2.24) is 9.88 Å². The van der Waals surface area contributed by atoms with Gasteiger partial charge in [0.25, 0.3) is 0 Å². The smallest absolute Gasteiger partial charge is 0.0795 e. The molecule has 1 fully saturated rings. The van der Waals surface area contributed by atoms with Crippen molar-refractivity contribution in [3.8, 4) is 0 Å². The average Bonchev–Trinajstić information content (AvgIpc) is 2.58. The van der Waals surface area contributed by atoms with Crippen LogP contribution in [-0.2, 0) is 6.54 Å². The van der Waals surface area contributed by atoms with E-state index in [1.165, 1.54) is 44.2 Å². The summed E-state index contributed by atoms with van der Waals surface area (Å²) in [5, 5.41) is 2.16. The molecule has 15 heavy (non-hydrogen) atoms. The number of hydrogen-bond donors (Lipinski definition) is 0. The molecule has 1 aliphatic carbocycles. The monoisotopic (exact) mass is 224 g/mol. The van der Waals surface area contributed by atoms with Gasteiger partial charge in [0.15, 0.2) is 0 Å². The summed E-state index contributed by atoms with van der Waals surface area (Å²) in [5.74, 6) is 0. The molecule has 2 nitrogen and oxygen atoms in total. The van der Waals surface area contributed by atoms with Gasteiger partial charge in [-0.2, -0.15) is 0 Å². The highest BCUT2D eigenvalue weighted by atomic mass is 32.1. The van der Waals surface area contributed by atoms with Gasteiger partial charge in [0.2, 0.25) is 0 Å². The first-order valence-corrected chi connectivity index (χ1v) is 6.88. The fourth-order valence-electron chi connectivity index (χ4n) is 2.40. The molecule has 0 aromatic carbocycles. The molecule has 1 aliphatic rings. The maximum Gasteiger partial charge on any atom is 0.0795 e. The Labute approximate surface area is 96.3 Å². The van der Waals surface area contributed by atoms with E-state index in [1.54, 1.807) is 11.3 Å². The van der Waals surface area contributed by atoms with Crippen molar-refractivity contribution in [2.24, 2.45) is 0 Å². The van der Waals surface area contributed by atoms with E-state index in [1.807, 2.05) is 5.51 Å². The van der Waals surface area contributed by atoms with E-state index in [0.717, 1.165) is 12.6 Å². The molecule has 84 valence electrons. The number of rotatable bonds is 3. The predicted molar refractivity (Wildman–Crippen MR) is 65.1 cm³/mol. The van der Waals surface area contributed by atoms with Crippen molar-refractivity contribution < 1.29 is 0 Å². The lowest BCUT2D eigenvalue weighted by molar-refractivity contribution is 0.211. The second-order valence-electron chi connectivity index (χ2n) is 4.54. The fraction of sp³-hybridized carbons (Fsp3) is 0.750. The SMILES string of the molecule is CN(Cc1cscn1)C1CCCCCC1. The minimum Gasteiger partial charge on any atom is -0.298 e. The van der Waals surface area contributed by atoms with Gasteiger partial charge in [-0.15, -0.1) is 11.3 Å². The van der Waals surface area contributed by atoms with Gasteiger partial charge in [-0.3, -0.25) is 4.90 Å². The summed E-state index contributed by atoms with van der Waals surface area (Å²) in [6, 6.07) is 0.786. The molecule has 0 amide bonds. The largest absolute Gasteiger partial charge is 0.298 e. The van der Waals surface area contributed by atoms with Crippen molar-refractivity contribution in [1.29, 1.82) is 0 Å². The van der Waals surface area contributed by atoms with Crippen LogP contribution in [0.2, 0.25) is 0 Å². The number of aromatic nitrogens is 1. The number of nitrogens with zero attached hydrogens (tertiary/aromatic N) is 2. The summed E-state index contributed by atoms with van der Waals surface area (Å²) in [4.78, 5) is 6.84. The Bertz CT molecular complexity index is 263. The van der Waals surface area contributed by atoms with E-state index in [-0.39, 0.29) is 0 Å². The molecule has 1 saturated carbocycles. The predicted octanol–water partition coefficient (Wildman–Crippen LogP) is 3.30. The van der Waals surface area contributed by atoms with Gasteiger partial charge in [-0.1, -0.05) is 25.7 Å². The van der Waals surface area contributed by atoms with Crippen LogP contribution >= 0.6 is 11.3 Å². The molecule has 0 N–H and O–H groups in total. The first-order valence-electron chi connectivity index (χ1n) is 5.93. The molecule has 2 rings (SSSR count). The van der Waals surface area contributed by atoms with E-state index in [0.29, 0.717) is 0 Å². The van der Waals surface area contributed by atoms with Gasteiger partial charge < -0.3 is 0 Å². The third-order valence-corrected chi connectivity index (χ3v) is 3.98.